The number of nitrogens with zero attached hydrogens (tertiary/aromatic N) is 5. The smallest absolute Gasteiger partial charge is 0.319 e. The molecule has 0 spiro atoms. The van der Waals surface area contributed by atoms with Gasteiger partial charge in [-0.25, -0.2) is 17.6 Å². The van der Waals surface area contributed by atoms with Gasteiger partial charge in [0.25, 0.3) is 0 Å². The first kappa shape index (κ1) is 26.9. The molecule has 8 rings (SSSR count). The monoisotopic (exact) mass is 593 g/mol. The van der Waals surface area contributed by atoms with Gasteiger partial charge in [-0.3, -0.25) is 9.88 Å². The Morgan fingerprint density at radius 1 is 1.02 bits per heavy atom. The SMILES string of the molecule is Oc1cc(-c2ncc3c(N4CC5CCC(C5)C4)nc(OC[C@@]45CCCN4C[C@H](F)C5)nc3c2F)c2c(F)c(F)ccc2c1. The normalized spacial score (nSPS) is 27.0. The van der Waals surface area contributed by atoms with E-state index in [1.165, 1.54) is 24.4 Å². The van der Waals surface area contributed by atoms with Crippen LogP contribution in [0, 0.1) is 29.3 Å². The first-order chi connectivity index (χ1) is 20.8. The predicted octanol–water partition coefficient (Wildman–Crippen LogP) is 6.16. The van der Waals surface area contributed by atoms with Gasteiger partial charge in [0, 0.05) is 43.2 Å². The third-order valence-electron chi connectivity index (χ3n) is 10.0. The van der Waals surface area contributed by atoms with Gasteiger partial charge in [-0.15, -0.1) is 0 Å². The average Bonchev–Trinajstić information content (AvgIpc) is 3.63. The molecule has 5 heterocycles. The molecular formula is C32H31F4N5O2. The summed E-state index contributed by atoms with van der Waals surface area (Å²) in [5.74, 6) is -1.79. The average molecular weight is 594 g/mol. The van der Waals surface area contributed by atoms with E-state index < -0.39 is 29.2 Å². The maximum Gasteiger partial charge on any atom is 0.319 e. The molecule has 4 atom stereocenters. The highest BCUT2D eigenvalue weighted by Gasteiger charge is 2.49. The van der Waals surface area contributed by atoms with E-state index in [1.807, 2.05) is 0 Å². The number of hydrogen-bond acceptors (Lipinski definition) is 7. The molecule has 3 aliphatic heterocycles. The molecule has 43 heavy (non-hydrogen) atoms. The summed E-state index contributed by atoms with van der Waals surface area (Å²) in [5, 5.41) is 10.8. The van der Waals surface area contributed by atoms with Crippen molar-refractivity contribution in [3.63, 3.8) is 0 Å². The van der Waals surface area contributed by atoms with Gasteiger partial charge in [-0.05, 0) is 74.1 Å². The number of anilines is 1. The van der Waals surface area contributed by atoms with Crippen LogP contribution in [0.25, 0.3) is 32.9 Å². The Morgan fingerprint density at radius 2 is 1.84 bits per heavy atom. The number of aromatic hydroxyl groups is 1. The van der Waals surface area contributed by atoms with Crippen molar-refractivity contribution in [3.05, 3.63) is 47.9 Å². The van der Waals surface area contributed by atoms with Crippen LogP contribution in [0.3, 0.4) is 0 Å². The third kappa shape index (κ3) is 4.38. The molecule has 2 aromatic heterocycles. The summed E-state index contributed by atoms with van der Waals surface area (Å²) in [5.41, 5.74) is -0.868. The van der Waals surface area contributed by atoms with Crippen molar-refractivity contribution >= 4 is 27.5 Å². The van der Waals surface area contributed by atoms with Gasteiger partial charge in [0.05, 0.1) is 10.9 Å². The van der Waals surface area contributed by atoms with E-state index >= 15 is 8.78 Å². The van der Waals surface area contributed by atoms with Crippen LogP contribution in [0.1, 0.15) is 38.5 Å². The number of hydrogen-bond donors (Lipinski definition) is 1. The number of rotatable bonds is 5. The van der Waals surface area contributed by atoms with Crippen molar-refractivity contribution < 1.29 is 27.4 Å². The molecule has 224 valence electrons. The molecule has 0 amide bonds. The topological polar surface area (TPSA) is 74.6 Å². The molecule has 7 nitrogen and oxygen atoms in total. The van der Waals surface area contributed by atoms with Crippen LogP contribution in [0.5, 0.6) is 11.8 Å². The van der Waals surface area contributed by atoms with Crippen LogP contribution < -0.4 is 9.64 Å². The molecule has 11 heteroatoms. The maximum atomic E-state index is 16.6. The molecule has 2 unspecified atom stereocenters. The van der Waals surface area contributed by atoms with Gasteiger partial charge < -0.3 is 14.7 Å². The Labute approximate surface area is 245 Å². The van der Waals surface area contributed by atoms with Crippen molar-refractivity contribution in [2.24, 2.45) is 11.8 Å². The lowest BCUT2D eigenvalue weighted by Crippen LogP contribution is -2.43. The first-order valence-corrected chi connectivity index (χ1v) is 15.0. The summed E-state index contributed by atoms with van der Waals surface area (Å²) in [6.07, 6.45) is 6.10. The van der Waals surface area contributed by atoms with Crippen molar-refractivity contribution in [2.75, 3.05) is 37.7 Å². The quantitative estimate of drug-likeness (QED) is 0.278. The largest absolute Gasteiger partial charge is 0.508 e. The molecule has 3 saturated heterocycles. The Balaban J connectivity index is 1.26. The highest BCUT2D eigenvalue weighted by molar-refractivity contribution is 6.00. The number of phenolic OH excluding ortho intramolecular Hbond substituents is 1. The highest BCUT2D eigenvalue weighted by atomic mass is 19.2. The van der Waals surface area contributed by atoms with E-state index in [9.17, 15) is 13.9 Å². The van der Waals surface area contributed by atoms with Crippen LogP contribution in [0.15, 0.2) is 30.5 Å². The minimum Gasteiger partial charge on any atom is -0.508 e. The summed E-state index contributed by atoms with van der Waals surface area (Å²) in [6.45, 7) is 2.92. The van der Waals surface area contributed by atoms with Crippen molar-refractivity contribution in [1.82, 2.24) is 19.9 Å². The fraction of sp³-hybridized carbons (Fsp3) is 0.469. The van der Waals surface area contributed by atoms with E-state index in [0.29, 0.717) is 36.0 Å². The Morgan fingerprint density at radius 3 is 2.65 bits per heavy atom. The maximum absolute atomic E-state index is 16.6. The molecule has 4 aromatic rings. The predicted molar refractivity (Wildman–Crippen MR) is 153 cm³/mol. The molecular weight excluding hydrogens is 562 g/mol. The Hall–Kier alpha value is -3.73. The van der Waals surface area contributed by atoms with Crippen molar-refractivity contribution in [1.29, 1.82) is 0 Å². The lowest BCUT2D eigenvalue weighted by Gasteiger charge is -2.34. The molecule has 4 fully saturated rings. The zero-order chi connectivity index (χ0) is 29.5. The number of alkyl halides is 1. The summed E-state index contributed by atoms with van der Waals surface area (Å²) in [6, 6.07) is 4.72. The summed E-state index contributed by atoms with van der Waals surface area (Å²) in [7, 11) is 0. The van der Waals surface area contributed by atoms with Crippen molar-refractivity contribution in [3.8, 4) is 23.0 Å². The number of pyridine rings is 1. The number of benzene rings is 2. The van der Waals surface area contributed by atoms with Gasteiger partial charge in [0.1, 0.15) is 35.6 Å². The number of phenols is 1. The zero-order valence-corrected chi connectivity index (χ0v) is 23.5. The van der Waals surface area contributed by atoms with Crippen LogP contribution >= 0.6 is 0 Å². The second-order valence-corrected chi connectivity index (χ2v) is 12.8. The molecule has 2 aromatic carbocycles. The lowest BCUT2D eigenvalue weighted by atomic mass is 9.95. The van der Waals surface area contributed by atoms with Gasteiger partial charge in [0.2, 0.25) is 0 Å². The molecule has 1 aliphatic carbocycles. The highest BCUT2D eigenvalue weighted by Crippen LogP contribution is 2.43. The fourth-order valence-corrected chi connectivity index (χ4v) is 8.11. The second-order valence-electron chi connectivity index (χ2n) is 12.8. The van der Waals surface area contributed by atoms with E-state index in [2.05, 4.69) is 19.8 Å². The number of fused-ring (bicyclic) bond motifs is 5. The van der Waals surface area contributed by atoms with E-state index in [-0.39, 0.29) is 45.9 Å². The van der Waals surface area contributed by atoms with E-state index in [4.69, 9.17) is 9.72 Å². The first-order valence-electron chi connectivity index (χ1n) is 15.0. The third-order valence-corrected chi connectivity index (χ3v) is 10.0. The molecule has 1 saturated carbocycles. The summed E-state index contributed by atoms with van der Waals surface area (Å²) in [4.78, 5) is 17.9. The van der Waals surface area contributed by atoms with Crippen molar-refractivity contribution in [2.45, 2.75) is 50.2 Å². The van der Waals surface area contributed by atoms with E-state index in [0.717, 1.165) is 57.8 Å². The Kier molecular flexibility index (Phi) is 6.19. The fourth-order valence-electron chi connectivity index (χ4n) is 8.11. The lowest BCUT2D eigenvalue weighted by molar-refractivity contribution is 0.107. The standard InChI is InChI=1S/C32H31F4N5O2/c33-20-11-32(6-1-7-41(32)15-20)16-43-31-38-29-23(30(39-31)40-13-17-2-3-18(8-17)14-40)12-37-28(27(29)36)22-10-21(42)9-19-4-5-24(34)26(35)25(19)22/h4-5,9-10,12,17-18,20,42H,1-3,6-8,11,13-16H2/t17?,18?,20-,32+/m1/s1. The minimum atomic E-state index is -1.16. The molecule has 2 bridgehead atoms. The van der Waals surface area contributed by atoms with Crippen LogP contribution in [0.2, 0.25) is 0 Å². The van der Waals surface area contributed by atoms with Crippen LogP contribution in [-0.4, -0.2) is 69.5 Å². The Bertz CT molecular complexity index is 1760. The summed E-state index contributed by atoms with van der Waals surface area (Å²) >= 11 is 0. The number of halogens is 4. The number of aromatic nitrogens is 3. The zero-order valence-electron chi connectivity index (χ0n) is 23.5. The molecule has 0 radical (unpaired) electrons. The van der Waals surface area contributed by atoms with Crippen LogP contribution in [0.4, 0.5) is 23.4 Å². The van der Waals surface area contributed by atoms with Gasteiger partial charge >= 0.3 is 6.01 Å². The van der Waals surface area contributed by atoms with Gasteiger partial charge in [-0.2, -0.15) is 9.97 Å². The van der Waals surface area contributed by atoms with Gasteiger partial charge in [-0.1, -0.05) is 6.07 Å². The second kappa shape index (κ2) is 9.90. The summed E-state index contributed by atoms with van der Waals surface area (Å²) < 4.78 is 66.5. The number of piperidine rings is 1. The molecule has 1 N–H and O–H groups in total. The van der Waals surface area contributed by atoms with Gasteiger partial charge in [0.15, 0.2) is 17.5 Å². The van der Waals surface area contributed by atoms with E-state index in [1.54, 1.807) is 0 Å². The molecule has 4 aliphatic rings. The number of ether oxygens (including phenoxy) is 1. The minimum absolute atomic E-state index is 0.0157. The van der Waals surface area contributed by atoms with Crippen LogP contribution in [-0.2, 0) is 0 Å².